The maximum atomic E-state index is 13.0. The lowest BCUT2D eigenvalue weighted by atomic mass is 9.96. The Bertz CT molecular complexity index is 2360. The van der Waals surface area contributed by atoms with Crippen molar-refractivity contribution in [1.82, 2.24) is 14.2 Å². The number of benzene rings is 3. The largest absolute Gasteiger partial charge is 0.371 e. The van der Waals surface area contributed by atoms with Gasteiger partial charge < -0.3 is 14.5 Å². The number of aromatic nitrogens is 1. The summed E-state index contributed by atoms with van der Waals surface area (Å²) in [6, 6.07) is 17.5. The summed E-state index contributed by atoms with van der Waals surface area (Å²) in [4.78, 5) is 21.2. The summed E-state index contributed by atoms with van der Waals surface area (Å²) in [6.45, 7) is 14.1. The Morgan fingerprint density at radius 3 is 1.60 bits per heavy atom. The van der Waals surface area contributed by atoms with Crippen LogP contribution in [0.2, 0.25) is 0 Å². The normalized spacial score (nSPS) is 13.2. The number of halogens is 5. The van der Waals surface area contributed by atoms with Crippen molar-refractivity contribution in [3.8, 4) is 0 Å². The second-order valence-electron chi connectivity index (χ2n) is 14.7. The molecule has 0 saturated carbocycles. The number of aryl methyl sites for hydroxylation is 6. The minimum atomic E-state index is -4.19. The van der Waals surface area contributed by atoms with Crippen molar-refractivity contribution in [2.75, 3.05) is 58.4 Å². The van der Waals surface area contributed by atoms with Crippen molar-refractivity contribution in [3.63, 3.8) is 0 Å². The summed E-state index contributed by atoms with van der Waals surface area (Å²) in [5, 5.41) is 0. The first-order chi connectivity index (χ1) is 28.6. The average Bonchev–Trinajstić information content (AvgIpc) is 3.11. The molecule has 0 unspecified atom stereocenters. The fourth-order valence-corrected chi connectivity index (χ4v) is 11.9. The Morgan fingerprint density at radius 2 is 1.18 bits per heavy atom. The molecule has 1 aromatic heterocycles. The highest BCUT2D eigenvalue weighted by Crippen LogP contribution is 2.28. The van der Waals surface area contributed by atoms with Crippen molar-refractivity contribution in [2.24, 2.45) is 5.92 Å². The standard InChI is InChI=1S/C25H35BrN4O4S.C8H8BrClO2S.C8H9Br.ClHO3S/c1-19-15-22(26)16-20(2)25(19)35(32,33)29(4)13-14-34-18-24(31)28(3)17-21-7-11-30(12-8-21)23-5-9-27-10-6-23;1-5-3-7(9)4-6(2)8(5)13(10,11)12;1-6-3-7(2)5-8(9)4-6;1-5(2,3)4/h5-6,9-10,15-16,21H,7-8,11-14,17-18H2,1-4H3;3-4H,1-2H3;3-5H,1-2H3;(H,2,3,4). The molecule has 3 aromatic carbocycles. The second-order valence-corrected chi connectivity index (χ2v) is 23.9. The minimum Gasteiger partial charge on any atom is -0.371 e. The molecule has 344 valence electrons. The molecule has 0 bridgehead atoms. The van der Waals surface area contributed by atoms with Crippen LogP contribution in [-0.4, -0.2) is 103 Å². The highest BCUT2D eigenvalue weighted by atomic mass is 79.9. The molecule has 0 aliphatic carbocycles. The van der Waals surface area contributed by atoms with Gasteiger partial charge in [-0.05, 0) is 142 Å². The lowest BCUT2D eigenvalue weighted by Crippen LogP contribution is -2.40. The van der Waals surface area contributed by atoms with Crippen molar-refractivity contribution in [3.05, 3.63) is 114 Å². The minimum absolute atomic E-state index is 0.0589. The molecular weight excluding hydrogens is 1100 g/mol. The van der Waals surface area contributed by atoms with E-state index < -0.39 is 28.4 Å². The summed E-state index contributed by atoms with van der Waals surface area (Å²) in [5.41, 5.74) is 6.49. The first kappa shape index (κ1) is 56.0. The lowest BCUT2D eigenvalue weighted by Gasteiger charge is -2.35. The van der Waals surface area contributed by atoms with E-state index in [4.69, 9.17) is 28.4 Å². The quantitative estimate of drug-likeness (QED) is 0.0862. The van der Waals surface area contributed by atoms with Gasteiger partial charge in [-0.2, -0.15) is 12.7 Å². The van der Waals surface area contributed by atoms with Crippen LogP contribution in [0.3, 0.4) is 0 Å². The van der Waals surface area contributed by atoms with Gasteiger partial charge in [0, 0.05) is 93.1 Å². The van der Waals surface area contributed by atoms with Crippen molar-refractivity contribution in [1.29, 1.82) is 0 Å². The van der Waals surface area contributed by atoms with E-state index in [0.717, 1.165) is 34.9 Å². The molecule has 1 aliphatic rings. The molecule has 62 heavy (non-hydrogen) atoms. The van der Waals surface area contributed by atoms with E-state index in [-0.39, 0.29) is 30.6 Å². The highest BCUT2D eigenvalue weighted by Gasteiger charge is 2.26. The van der Waals surface area contributed by atoms with Crippen LogP contribution in [0.4, 0.5) is 5.69 Å². The van der Waals surface area contributed by atoms with E-state index >= 15 is 0 Å². The van der Waals surface area contributed by atoms with E-state index in [0.29, 0.717) is 39.6 Å². The third-order valence-corrected chi connectivity index (χ3v) is 14.5. The van der Waals surface area contributed by atoms with Crippen molar-refractivity contribution < 1.29 is 39.3 Å². The summed E-state index contributed by atoms with van der Waals surface area (Å²) in [5.74, 6) is 0.363. The summed E-state index contributed by atoms with van der Waals surface area (Å²) >= 11 is 10.1. The van der Waals surface area contributed by atoms with Gasteiger partial charge >= 0.3 is 9.33 Å². The van der Waals surface area contributed by atoms with E-state index in [1.54, 1.807) is 63.9 Å². The van der Waals surface area contributed by atoms with Gasteiger partial charge in [-0.15, -0.1) is 0 Å². The van der Waals surface area contributed by atoms with Gasteiger partial charge in [0.25, 0.3) is 9.05 Å². The highest BCUT2D eigenvalue weighted by molar-refractivity contribution is 9.11. The zero-order valence-corrected chi connectivity index (χ0v) is 44.4. The van der Waals surface area contributed by atoms with E-state index in [1.807, 2.05) is 24.5 Å². The molecule has 1 N–H and O–H groups in total. The average molecular weight is 1150 g/mol. The smallest absolute Gasteiger partial charge is 0.353 e. The summed E-state index contributed by atoms with van der Waals surface area (Å²) in [7, 11) is 1.20. The number of rotatable bonds is 11. The first-order valence-electron chi connectivity index (χ1n) is 18.9. The molecular formula is C41H53Br3Cl2N4O9S3. The van der Waals surface area contributed by atoms with Gasteiger partial charge in [0.05, 0.1) is 16.4 Å². The number of ether oxygens (including phenoxy) is 1. The van der Waals surface area contributed by atoms with Crippen LogP contribution in [-0.2, 0) is 37.9 Å². The number of piperidine rings is 1. The van der Waals surface area contributed by atoms with Crippen LogP contribution < -0.4 is 4.90 Å². The molecule has 0 spiro atoms. The number of anilines is 1. The molecule has 0 radical (unpaired) electrons. The van der Waals surface area contributed by atoms with Crippen LogP contribution in [0.5, 0.6) is 0 Å². The van der Waals surface area contributed by atoms with Crippen LogP contribution in [0.1, 0.15) is 46.2 Å². The number of nitrogens with zero attached hydrogens (tertiary/aromatic N) is 4. The lowest BCUT2D eigenvalue weighted by molar-refractivity contribution is -0.135. The summed E-state index contributed by atoms with van der Waals surface area (Å²) < 4.78 is 83.2. The fourth-order valence-electron chi connectivity index (χ4n) is 6.66. The topological polar surface area (TPSA) is 172 Å². The zero-order valence-electron chi connectivity index (χ0n) is 35.7. The molecule has 1 amide bonds. The Balaban J connectivity index is 0.000000394. The number of pyridine rings is 1. The molecule has 1 fully saturated rings. The van der Waals surface area contributed by atoms with Crippen molar-refractivity contribution >= 4 is 109 Å². The van der Waals surface area contributed by atoms with Gasteiger partial charge in [0.1, 0.15) is 6.61 Å². The maximum absolute atomic E-state index is 13.0. The molecule has 13 nitrogen and oxygen atoms in total. The van der Waals surface area contributed by atoms with E-state index in [9.17, 15) is 21.6 Å². The molecule has 4 aromatic rings. The number of carbonyl (C=O) groups excluding carboxylic acids is 1. The molecule has 0 atom stereocenters. The predicted octanol–water partition coefficient (Wildman–Crippen LogP) is 9.56. The first-order valence-corrected chi connectivity index (χ1v) is 27.3. The van der Waals surface area contributed by atoms with Crippen LogP contribution >= 0.6 is 69.2 Å². The SMILES string of the molecule is Cc1cc(Br)cc(C)c1S(=O)(=O)Cl.Cc1cc(Br)cc(C)c1S(=O)(=O)N(C)CCOCC(=O)N(C)CC1CCN(c2ccncc2)CC1.Cc1cc(C)cc(Br)c1.O=S(=O)(O)Cl. The number of likely N-dealkylation sites (N-methyl/N-ethyl adjacent to an activating group) is 2. The Kier molecular flexibility index (Phi) is 23.0. The van der Waals surface area contributed by atoms with Gasteiger partial charge in [-0.3, -0.25) is 14.3 Å². The number of hydrogen-bond acceptors (Lipinski definition) is 10. The predicted molar refractivity (Wildman–Crippen MR) is 259 cm³/mol. The molecule has 5 rings (SSSR count). The van der Waals surface area contributed by atoms with Crippen LogP contribution in [0.15, 0.2) is 90.2 Å². The summed E-state index contributed by atoms with van der Waals surface area (Å²) in [6.07, 6.45) is 5.67. The number of amides is 1. The second kappa shape index (κ2) is 25.5. The van der Waals surface area contributed by atoms with Gasteiger partial charge in [0.15, 0.2) is 0 Å². The Labute approximate surface area is 401 Å². The third kappa shape index (κ3) is 19.9. The third-order valence-electron chi connectivity index (χ3n) is 9.33. The van der Waals surface area contributed by atoms with Gasteiger partial charge in [-0.25, -0.2) is 16.8 Å². The Morgan fingerprint density at radius 1 is 0.758 bits per heavy atom. The zero-order chi connectivity index (χ0) is 47.2. The molecule has 21 heteroatoms. The fraction of sp³-hybridized carbons (Fsp3) is 0.415. The van der Waals surface area contributed by atoms with E-state index in [2.05, 4.69) is 100 Å². The maximum Gasteiger partial charge on any atom is 0.353 e. The molecule has 2 heterocycles. The number of carbonyl (C=O) groups is 1. The number of hydrogen-bond donors (Lipinski definition) is 1. The van der Waals surface area contributed by atoms with Crippen LogP contribution in [0.25, 0.3) is 0 Å². The van der Waals surface area contributed by atoms with Crippen LogP contribution in [0, 0.1) is 47.5 Å². The monoisotopic (exact) mass is 1150 g/mol. The Hall–Kier alpha value is -2.17. The number of sulfonamides is 1. The molecule has 1 saturated heterocycles. The van der Waals surface area contributed by atoms with E-state index in [1.165, 1.54) is 32.6 Å². The van der Waals surface area contributed by atoms with Gasteiger partial charge in [-0.1, -0.05) is 53.9 Å². The van der Waals surface area contributed by atoms with Crippen molar-refractivity contribution in [2.45, 2.75) is 64.2 Å². The molecule has 1 aliphatic heterocycles. The van der Waals surface area contributed by atoms with Gasteiger partial charge in [0.2, 0.25) is 15.9 Å².